The number of amides is 1. The van der Waals surface area contributed by atoms with Crippen LogP contribution in [0, 0.1) is 0 Å². The van der Waals surface area contributed by atoms with Crippen molar-refractivity contribution in [1.82, 2.24) is 0 Å². The number of aromatic carboxylic acids is 1. The molecule has 0 aliphatic rings. The van der Waals surface area contributed by atoms with Crippen LogP contribution in [0.3, 0.4) is 0 Å². The molecule has 1 aromatic carbocycles. The fraction of sp³-hybridized carbons (Fsp3) is 0.188. The van der Waals surface area contributed by atoms with Crippen molar-refractivity contribution in [2.75, 3.05) is 19.6 Å². The number of carbonyl (C=O) groups excluding carboxylic acids is 2. The molecule has 23 heavy (non-hydrogen) atoms. The lowest BCUT2D eigenvalue weighted by Crippen LogP contribution is -2.48. The number of ether oxygens (including phenoxy) is 2. The highest BCUT2D eigenvalue weighted by atomic mass is 16.7. The summed E-state index contributed by atoms with van der Waals surface area (Å²) in [7, 11) is 2.86. The molecule has 0 fully saturated rings. The number of pyridine rings is 1. The van der Waals surface area contributed by atoms with Gasteiger partial charge in [-0.15, -0.1) is 5.43 Å². The number of aromatic nitrogens is 1. The minimum Gasteiger partial charge on any atom is -0.545 e. The summed E-state index contributed by atoms with van der Waals surface area (Å²) < 4.78 is 11.6. The highest BCUT2D eigenvalue weighted by Crippen LogP contribution is 2.21. The molecule has 0 radical (unpaired) electrons. The van der Waals surface area contributed by atoms with Crippen LogP contribution in [0.2, 0.25) is 0 Å². The number of carboxylic acid groups (broad SMARTS) is 1. The summed E-state index contributed by atoms with van der Waals surface area (Å²) in [5, 5.41) is 11.4. The SMILES string of the molecule is COC(OC)c1ccc(C(=O)N[n+]2ccccc2)c(C(=O)[O-])c1. The summed E-state index contributed by atoms with van der Waals surface area (Å²) in [5.41, 5.74) is 2.77. The van der Waals surface area contributed by atoms with Gasteiger partial charge in [0, 0.05) is 37.5 Å². The maximum atomic E-state index is 12.3. The van der Waals surface area contributed by atoms with Gasteiger partial charge in [-0.25, -0.2) is 0 Å². The van der Waals surface area contributed by atoms with Crippen molar-refractivity contribution in [3.8, 4) is 0 Å². The van der Waals surface area contributed by atoms with E-state index >= 15 is 0 Å². The molecule has 1 N–H and O–H groups in total. The Morgan fingerprint density at radius 2 is 1.74 bits per heavy atom. The van der Waals surface area contributed by atoms with E-state index in [0.717, 1.165) is 0 Å². The molecule has 0 unspecified atom stereocenters. The predicted molar refractivity (Wildman–Crippen MR) is 77.9 cm³/mol. The summed E-state index contributed by atoms with van der Waals surface area (Å²) in [6.45, 7) is 0. The standard InChI is InChI=1S/C16H16N2O5/c1-22-16(23-2)11-6-7-12(13(10-11)15(20)21)14(19)17-18-8-4-3-5-9-18/h3-10,16H,1-2H3,(H-,17,19,20,21). The first-order valence-electron chi connectivity index (χ1n) is 6.75. The van der Waals surface area contributed by atoms with Crippen LogP contribution < -0.4 is 15.2 Å². The first-order valence-corrected chi connectivity index (χ1v) is 6.75. The molecule has 1 heterocycles. The van der Waals surface area contributed by atoms with Crippen molar-refractivity contribution in [1.29, 1.82) is 0 Å². The van der Waals surface area contributed by atoms with E-state index in [1.807, 2.05) is 0 Å². The van der Waals surface area contributed by atoms with Crippen molar-refractivity contribution >= 4 is 11.9 Å². The Labute approximate surface area is 133 Å². The van der Waals surface area contributed by atoms with Gasteiger partial charge >= 0.3 is 5.91 Å². The maximum Gasteiger partial charge on any atom is 0.306 e. The molecule has 7 nitrogen and oxygen atoms in total. The minimum absolute atomic E-state index is 0.0175. The normalized spacial score (nSPS) is 10.6. The van der Waals surface area contributed by atoms with Crippen molar-refractivity contribution in [2.45, 2.75) is 6.29 Å². The molecular formula is C16H16N2O5. The molecule has 2 rings (SSSR count). The summed E-state index contributed by atoms with van der Waals surface area (Å²) >= 11 is 0. The van der Waals surface area contributed by atoms with E-state index in [1.54, 1.807) is 36.7 Å². The topological polar surface area (TPSA) is 91.6 Å². The zero-order chi connectivity index (χ0) is 16.8. The lowest BCUT2D eigenvalue weighted by molar-refractivity contribution is -0.641. The molecule has 0 bridgehead atoms. The lowest BCUT2D eigenvalue weighted by atomic mass is 10.0. The summed E-state index contributed by atoms with van der Waals surface area (Å²) in [6.07, 6.45) is 2.52. The van der Waals surface area contributed by atoms with Gasteiger partial charge in [-0.2, -0.15) is 0 Å². The molecule has 0 spiro atoms. The van der Waals surface area contributed by atoms with Crippen molar-refractivity contribution in [2.24, 2.45) is 0 Å². The number of hydrogen-bond donors (Lipinski definition) is 1. The molecule has 1 aromatic heterocycles. The molecule has 0 saturated carbocycles. The molecular weight excluding hydrogens is 300 g/mol. The van der Waals surface area contributed by atoms with Gasteiger partial charge in [0.25, 0.3) is 0 Å². The second kappa shape index (κ2) is 7.48. The monoisotopic (exact) mass is 316 g/mol. The Morgan fingerprint density at radius 1 is 1.09 bits per heavy atom. The third-order valence-corrected chi connectivity index (χ3v) is 3.15. The summed E-state index contributed by atoms with van der Waals surface area (Å²) in [6, 6.07) is 9.51. The molecule has 0 saturated heterocycles. The lowest BCUT2D eigenvalue weighted by Gasteiger charge is -2.16. The van der Waals surface area contributed by atoms with E-state index in [2.05, 4.69) is 5.43 Å². The van der Waals surface area contributed by atoms with E-state index in [9.17, 15) is 14.7 Å². The van der Waals surface area contributed by atoms with Gasteiger partial charge in [-0.05, 0) is 12.1 Å². The Hall–Kier alpha value is -2.77. The van der Waals surface area contributed by atoms with E-state index in [0.29, 0.717) is 5.56 Å². The highest BCUT2D eigenvalue weighted by Gasteiger charge is 2.18. The number of nitrogens with zero attached hydrogens (tertiary/aromatic N) is 1. The zero-order valence-corrected chi connectivity index (χ0v) is 12.7. The van der Waals surface area contributed by atoms with Gasteiger partial charge in [0.05, 0.1) is 11.5 Å². The summed E-state index contributed by atoms with van der Waals surface area (Å²) in [5.74, 6) is -2.03. The third kappa shape index (κ3) is 3.91. The van der Waals surface area contributed by atoms with E-state index in [4.69, 9.17) is 9.47 Å². The smallest absolute Gasteiger partial charge is 0.306 e. The van der Waals surface area contributed by atoms with Crippen LogP contribution >= 0.6 is 0 Å². The number of rotatable bonds is 6. The first kappa shape index (κ1) is 16.6. The molecule has 0 aliphatic heterocycles. The largest absolute Gasteiger partial charge is 0.545 e. The van der Waals surface area contributed by atoms with E-state index in [1.165, 1.54) is 31.0 Å². The molecule has 7 heteroatoms. The molecule has 0 atom stereocenters. The highest BCUT2D eigenvalue weighted by molar-refractivity contribution is 6.07. The Bertz CT molecular complexity index is 699. The van der Waals surface area contributed by atoms with Crippen molar-refractivity contribution in [3.63, 3.8) is 0 Å². The number of nitrogens with one attached hydrogen (secondary N) is 1. The van der Waals surface area contributed by atoms with Crippen LogP contribution in [0.25, 0.3) is 0 Å². The van der Waals surface area contributed by atoms with Crippen LogP contribution in [0.15, 0.2) is 48.8 Å². The molecule has 2 aromatic rings. The quantitative estimate of drug-likeness (QED) is 0.599. The minimum atomic E-state index is -1.46. The predicted octanol–water partition coefficient (Wildman–Crippen LogP) is 0.0129. The van der Waals surface area contributed by atoms with Crippen molar-refractivity contribution < 1.29 is 28.8 Å². The molecule has 120 valence electrons. The number of hydrogen-bond acceptors (Lipinski definition) is 5. The second-order valence-electron chi connectivity index (χ2n) is 4.62. The Kier molecular flexibility index (Phi) is 5.40. The average Bonchev–Trinajstić information content (AvgIpc) is 2.56. The fourth-order valence-corrected chi connectivity index (χ4v) is 2.09. The number of benzene rings is 1. The average molecular weight is 316 g/mol. The van der Waals surface area contributed by atoms with Crippen LogP contribution in [0.1, 0.15) is 32.6 Å². The van der Waals surface area contributed by atoms with Crippen LogP contribution in [-0.2, 0) is 9.47 Å². The van der Waals surface area contributed by atoms with Gasteiger partial charge in [0.15, 0.2) is 18.7 Å². The molecule has 1 amide bonds. The number of carbonyl (C=O) groups is 2. The van der Waals surface area contributed by atoms with Gasteiger partial charge in [0.2, 0.25) is 0 Å². The van der Waals surface area contributed by atoms with Crippen molar-refractivity contribution in [3.05, 3.63) is 65.5 Å². The Balaban J connectivity index is 2.34. The number of methoxy groups -OCH3 is 2. The zero-order valence-electron chi connectivity index (χ0n) is 12.7. The maximum absolute atomic E-state index is 12.3. The Morgan fingerprint density at radius 3 is 2.30 bits per heavy atom. The second-order valence-corrected chi connectivity index (χ2v) is 4.62. The number of carboxylic acids is 1. The van der Waals surface area contributed by atoms with Gasteiger partial charge in [-0.1, -0.05) is 16.8 Å². The van der Waals surface area contributed by atoms with E-state index < -0.39 is 18.2 Å². The van der Waals surface area contributed by atoms with Gasteiger partial charge in [-0.3, -0.25) is 4.79 Å². The van der Waals surface area contributed by atoms with Crippen LogP contribution in [0.5, 0.6) is 0 Å². The van der Waals surface area contributed by atoms with E-state index in [-0.39, 0.29) is 11.1 Å². The summed E-state index contributed by atoms with van der Waals surface area (Å²) in [4.78, 5) is 23.6. The molecule has 0 aliphatic carbocycles. The van der Waals surface area contributed by atoms with Gasteiger partial charge in [0.1, 0.15) is 0 Å². The third-order valence-electron chi connectivity index (χ3n) is 3.15. The fourth-order valence-electron chi connectivity index (χ4n) is 2.09. The van der Waals surface area contributed by atoms with Crippen LogP contribution in [-0.4, -0.2) is 26.1 Å². The first-order chi connectivity index (χ1) is 11.1. The van der Waals surface area contributed by atoms with Crippen LogP contribution in [0.4, 0.5) is 0 Å². The van der Waals surface area contributed by atoms with Gasteiger partial charge < -0.3 is 19.4 Å².